The third-order valence-electron chi connectivity index (χ3n) is 8.23. The van der Waals surface area contributed by atoms with Gasteiger partial charge in [0.05, 0.1) is 5.56 Å². The maximum atomic E-state index is 6.67. The van der Waals surface area contributed by atoms with Crippen molar-refractivity contribution in [3.8, 4) is 11.5 Å². The highest BCUT2D eigenvalue weighted by molar-refractivity contribution is 6.20. The number of unbranched alkanes of at least 4 members (excludes halogenated alkanes) is 5. The van der Waals surface area contributed by atoms with Crippen LogP contribution < -0.4 is 9.47 Å². The van der Waals surface area contributed by atoms with Gasteiger partial charge in [0.2, 0.25) is 0 Å². The van der Waals surface area contributed by atoms with Gasteiger partial charge in [-0.1, -0.05) is 119 Å². The summed E-state index contributed by atoms with van der Waals surface area (Å²) in [4.78, 5) is 0. The molecule has 0 N–H and O–H groups in total. The Morgan fingerprint density at radius 1 is 0.725 bits per heavy atom. The van der Waals surface area contributed by atoms with E-state index in [0.717, 1.165) is 36.3 Å². The summed E-state index contributed by atoms with van der Waals surface area (Å²) in [5.41, 5.74) is 7.43. The number of ether oxygens (including phenoxy) is 2. The fourth-order valence-electron chi connectivity index (χ4n) is 5.73. The van der Waals surface area contributed by atoms with Crippen LogP contribution in [0.1, 0.15) is 100 Å². The lowest BCUT2D eigenvalue weighted by Gasteiger charge is -2.29. The SMILES string of the molecule is CCCCCCCCc1cc(OCc2ccccc2)c(C2=C(CCl)CCC(CC)C2)c(OCc2ccccc2)c1. The van der Waals surface area contributed by atoms with E-state index >= 15 is 0 Å². The van der Waals surface area contributed by atoms with E-state index in [9.17, 15) is 0 Å². The zero-order chi connectivity index (χ0) is 28.0. The lowest BCUT2D eigenvalue weighted by Crippen LogP contribution is -2.13. The van der Waals surface area contributed by atoms with Gasteiger partial charge in [-0.2, -0.15) is 0 Å². The Hall–Kier alpha value is -2.71. The van der Waals surface area contributed by atoms with Crippen LogP contribution >= 0.6 is 11.6 Å². The molecular weight excluding hydrogens is 512 g/mol. The Balaban J connectivity index is 1.70. The summed E-state index contributed by atoms with van der Waals surface area (Å²) in [7, 11) is 0. The number of benzene rings is 3. The molecule has 214 valence electrons. The topological polar surface area (TPSA) is 18.5 Å². The first kappa shape index (κ1) is 30.3. The molecule has 4 rings (SSSR count). The van der Waals surface area contributed by atoms with Gasteiger partial charge >= 0.3 is 0 Å². The molecule has 3 aromatic rings. The smallest absolute Gasteiger partial charge is 0.131 e. The fourth-order valence-corrected chi connectivity index (χ4v) is 6.03. The van der Waals surface area contributed by atoms with E-state index in [1.807, 2.05) is 0 Å². The molecule has 0 fully saturated rings. The van der Waals surface area contributed by atoms with Gasteiger partial charge in [-0.3, -0.25) is 0 Å². The highest BCUT2D eigenvalue weighted by Crippen LogP contribution is 2.46. The Bertz CT molecular complexity index is 1120. The van der Waals surface area contributed by atoms with Crippen LogP contribution in [0, 0.1) is 5.92 Å². The number of allylic oxidation sites excluding steroid dienone is 2. The van der Waals surface area contributed by atoms with Crippen LogP contribution in [0.15, 0.2) is 78.4 Å². The van der Waals surface area contributed by atoms with E-state index in [0.29, 0.717) is 25.0 Å². The van der Waals surface area contributed by atoms with Crippen molar-refractivity contribution in [1.82, 2.24) is 0 Å². The van der Waals surface area contributed by atoms with Gasteiger partial charge in [-0.25, -0.2) is 0 Å². The lowest BCUT2D eigenvalue weighted by molar-refractivity contribution is 0.287. The molecule has 40 heavy (non-hydrogen) atoms. The van der Waals surface area contributed by atoms with Gasteiger partial charge in [0.15, 0.2) is 0 Å². The molecule has 0 saturated heterocycles. The minimum atomic E-state index is 0.535. The third-order valence-corrected chi connectivity index (χ3v) is 8.56. The average Bonchev–Trinajstić information content (AvgIpc) is 3.01. The Labute approximate surface area is 247 Å². The normalized spacial score (nSPS) is 15.3. The van der Waals surface area contributed by atoms with Gasteiger partial charge < -0.3 is 9.47 Å². The summed E-state index contributed by atoms with van der Waals surface area (Å²) >= 11 is 6.58. The maximum absolute atomic E-state index is 6.67. The molecule has 0 saturated carbocycles. The van der Waals surface area contributed by atoms with E-state index in [1.165, 1.54) is 79.2 Å². The highest BCUT2D eigenvalue weighted by Gasteiger charge is 2.26. The summed E-state index contributed by atoms with van der Waals surface area (Å²) < 4.78 is 13.3. The molecular formula is C37H47ClO2. The van der Waals surface area contributed by atoms with E-state index in [2.05, 4.69) is 86.6 Å². The quantitative estimate of drug-likeness (QED) is 0.128. The molecule has 3 heteroatoms. The van der Waals surface area contributed by atoms with E-state index < -0.39 is 0 Å². The van der Waals surface area contributed by atoms with Crippen LogP contribution in [0.2, 0.25) is 0 Å². The summed E-state index contributed by atoms with van der Waals surface area (Å²) in [5, 5.41) is 0. The first-order chi connectivity index (χ1) is 19.7. The first-order valence-electron chi connectivity index (χ1n) is 15.5. The minimum absolute atomic E-state index is 0.535. The summed E-state index contributed by atoms with van der Waals surface area (Å²) in [6.45, 7) is 5.65. The van der Waals surface area contributed by atoms with Crippen molar-refractivity contribution in [1.29, 1.82) is 0 Å². The predicted octanol–water partition coefficient (Wildman–Crippen LogP) is 11.0. The molecule has 2 nitrogen and oxygen atoms in total. The number of halogens is 1. The number of alkyl halides is 1. The van der Waals surface area contributed by atoms with Crippen molar-refractivity contribution in [2.45, 2.75) is 97.7 Å². The summed E-state index contributed by atoms with van der Waals surface area (Å²) in [5.74, 6) is 3.09. The summed E-state index contributed by atoms with van der Waals surface area (Å²) in [6, 6.07) is 25.5. The predicted molar refractivity (Wildman–Crippen MR) is 170 cm³/mol. The van der Waals surface area contributed by atoms with Crippen LogP contribution in [0.5, 0.6) is 11.5 Å². The molecule has 3 aromatic carbocycles. The molecule has 1 atom stereocenters. The molecule has 0 radical (unpaired) electrons. The molecule has 1 aliphatic rings. The van der Waals surface area contributed by atoms with E-state index in [1.54, 1.807) is 0 Å². The second-order valence-electron chi connectivity index (χ2n) is 11.3. The minimum Gasteiger partial charge on any atom is -0.488 e. The number of rotatable bonds is 16. The van der Waals surface area contributed by atoms with Crippen molar-refractivity contribution >= 4 is 17.2 Å². The van der Waals surface area contributed by atoms with Gasteiger partial charge in [-0.15, -0.1) is 11.6 Å². The maximum Gasteiger partial charge on any atom is 0.131 e. The Morgan fingerprint density at radius 3 is 1.85 bits per heavy atom. The molecule has 0 aromatic heterocycles. The van der Waals surface area contributed by atoms with E-state index in [-0.39, 0.29) is 0 Å². The van der Waals surface area contributed by atoms with Crippen molar-refractivity contribution < 1.29 is 9.47 Å². The third kappa shape index (κ3) is 8.90. The second-order valence-corrected chi connectivity index (χ2v) is 11.5. The largest absolute Gasteiger partial charge is 0.488 e. The second kappa shape index (κ2) is 16.5. The van der Waals surface area contributed by atoms with Crippen LogP contribution in [-0.2, 0) is 19.6 Å². The zero-order valence-corrected chi connectivity index (χ0v) is 25.4. The van der Waals surface area contributed by atoms with Gasteiger partial charge in [-0.05, 0) is 72.4 Å². The number of hydrogen-bond donors (Lipinski definition) is 0. The molecule has 0 aliphatic heterocycles. The van der Waals surface area contributed by atoms with Crippen LogP contribution in [-0.4, -0.2) is 5.88 Å². The van der Waals surface area contributed by atoms with Crippen LogP contribution in [0.25, 0.3) is 5.57 Å². The van der Waals surface area contributed by atoms with Crippen molar-refractivity contribution in [2.75, 3.05) is 5.88 Å². The molecule has 0 heterocycles. The van der Waals surface area contributed by atoms with Crippen LogP contribution in [0.4, 0.5) is 0 Å². The standard InChI is InChI=1S/C37H47ClO2/c1-3-5-6-7-8-11-20-32-24-35(39-27-30-16-12-9-13-17-30)37(34-23-29(4-2)21-22-33(34)26-38)36(25-32)40-28-31-18-14-10-15-19-31/h9-10,12-19,24-25,29H,3-8,11,20-23,26-28H2,1-2H3. The molecule has 1 unspecified atom stereocenters. The monoisotopic (exact) mass is 558 g/mol. The molecule has 0 amide bonds. The summed E-state index contributed by atoms with van der Waals surface area (Å²) in [6.07, 6.45) is 13.2. The zero-order valence-electron chi connectivity index (χ0n) is 24.6. The van der Waals surface area contributed by atoms with Gasteiger partial charge in [0, 0.05) is 5.88 Å². The Morgan fingerprint density at radius 2 is 1.30 bits per heavy atom. The Kier molecular flexibility index (Phi) is 12.5. The van der Waals surface area contributed by atoms with Gasteiger partial charge in [0.1, 0.15) is 24.7 Å². The molecule has 1 aliphatic carbocycles. The average molecular weight is 559 g/mol. The molecule has 0 bridgehead atoms. The van der Waals surface area contributed by atoms with E-state index in [4.69, 9.17) is 21.1 Å². The first-order valence-corrected chi connectivity index (χ1v) is 16.0. The van der Waals surface area contributed by atoms with Crippen molar-refractivity contribution in [3.05, 3.63) is 101 Å². The van der Waals surface area contributed by atoms with Crippen LogP contribution in [0.3, 0.4) is 0 Å². The lowest BCUT2D eigenvalue weighted by atomic mass is 9.79. The van der Waals surface area contributed by atoms with Gasteiger partial charge in [0.25, 0.3) is 0 Å². The fraction of sp³-hybridized carbons (Fsp3) is 0.459. The highest BCUT2D eigenvalue weighted by atomic mass is 35.5. The number of aryl methyl sites for hydroxylation is 1. The number of hydrogen-bond acceptors (Lipinski definition) is 2. The van der Waals surface area contributed by atoms with Crippen molar-refractivity contribution in [2.24, 2.45) is 5.92 Å². The van der Waals surface area contributed by atoms with Crippen molar-refractivity contribution in [3.63, 3.8) is 0 Å². The molecule has 0 spiro atoms.